The first-order chi connectivity index (χ1) is 10.1. The molecule has 1 aromatic rings. The predicted molar refractivity (Wildman–Crippen MR) is 87.2 cm³/mol. The zero-order valence-corrected chi connectivity index (χ0v) is 13.2. The highest BCUT2D eigenvalue weighted by Crippen LogP contribution is 2.10. The fourth-order valence-corrected chi connectivity index (χ4v) is 2.06. The van der Waals surface area contributed by atoms with E-state index in [-0.39, 0.29) is 12.5 Å². The van der Waals surface area contributed by atoms with E-state index in [0.29, 0.717) is 12.1 Å². The molecule has 0 fully saturated rings. The fraction of sp³-hybridized carbons (Fsp3) is 0.471. The highest BCUT2D eigenvalue weighted by Gasteiger charge is 2.10. The van der Waals surface area contributed by atoms with Gasteiger partial charge in [-0.3, -0.25) is 4.79 Å². The van der Waals surface area contributed by atoms with Crippen LogP contribution in [0.25, 0.3) is 0 Å². The number of hydrogen-bond donors (Lipinski definition) is 2. The molecule has 0 aliphatic rings. The Hall–Kier alpha value is -1.83. The largest absolute Gasteiger partial charge is 0.351 e. The van der Waals surface area contributed by atoms with Crippen molar-refractivity contribution in [2.75, 3.05) is 32.7 Å². The minimum Gasteiger partial charge on any atom is -0.351 e. The molecular weight excluding hydrogens is 262 g/mol. The smallest absolute Gasteiger partial charge is 0.252 e. The number of nitrogens with one attached hydrogen (secondary N) is 1. The standard InChI is InChI=1S/C17H25N3O/c1-4-20(5-2)12-11-19-17(21)16-13-14(3)8-9-15(16)7-6-10-18/h8-9,13H,4-5,10-12,18H2,1-3H3,(H,19,21). The molecule has 1 aromatic carbocycles. The van der Waals surface area contributed by atoms with Gasteiger partial charge in [0, 0.05) is 18.7 Å². The van der Waals surface area contributed by atoms with Crippen molar-refractivity contribution in [2.45, 2.75) is 20.8 Å². The molecule has 0 atom stereocenters. The van der Waals surface area contributed by atoms with Gasteiger partial charge in [0.15, 0.2) is 0 Å². The van der Waals surface area contributed by atoms with Gasteiger partial charge < -0.3 is 16.0 Å². The second-order valence-corrected chi connectivity index (χ2v) is 4.84. The lowest BCUT2D eigenvalue weighted by Crippen LogP contribution is -2.35. The molecule has 1 amide bonds. The molecule has 0 bridgehead atoms. The van der Waals surface area contributed by atoms with E-state index in [1.165, 1.54) is 0 Å². The van der Waals surface area contributed by atoms with E-state index in [9.17, 15) is 4.79 Å². The van der Waals surface area contributed by atoms with Crippen molar-refractivity contribution in [1.29, 1.82) is 0 Å². The van der Waals surface area contributed by atoms with Crippen LogP contribution in [0.1, 0.15) is 35.3 Å². The molecule has 114 valence electrons. The Morgan fingerprint density at radius 2 is 2.05 bits per heavy atom. The summed E-state index contributed by atoms with van der Waals surface area (Å²) in [4.78, 5) is 14.6. The van der Waals surface area contributed by atoms with Gasteiger partial charge in [-0.15, -0.1) is 0 Å². The molecule has 21 heavy (non-hydrogen) atoms. The van der Waals surface area contributed by atoms with Crippen LogP contribution < -0.4 is 11.1 Å². The van der Waals surface area contributed by atoms with E-state index in [1.807, 2.05) is 25.1 Å². The molecule has 0 spiro atoms. The van der Waals surface area contributed by atoms with Gasteiger partial charge in [0.05, 0.1) is 12.1 Å². The number of nitrogens with two attached hydrogens (primary N) is 1. The normalized spacial score (nSPS) is 10.1. The maximum Gasteiger partial charge on any atom is 0.252 e. The van der Waals surface area contributed by atoms with Gasteiger partial charge in [0.25, 0.3) is 5.91 Å². The molecule has 0 saturated carbocycles. The van der Waals surface area contributed by atoms with E-state index in [4.69, 9.17) is 5.73 Å². The first kappa shape index (κ1) is 17.2. The number of rotatable bonds is 6. The lowest BCUT2D eigenvalue weighted by Gasteiger charge is -2.18. The Balaban J connectivity index is 2.74. The number of carbonyl (C=O) groups is 1. The van der Waals surface area contributed by atoms with Crippen molar-refractivity contribution in [2.24, 2.45) is 5.73 Å². The Morgan fingerprint density at radius 3 is 2.67 bits per heavy atom. The summed E-state index contributed by atoms with van der Waals surface area (Å²) in [6, 6.07) is 5.69. The number of hydrogen-bond acceptors (Lipinski definition) is 3. The highest BCUT2D eigenvalue weighted by molar-refractivity contribution is 5.96. The first-order valence-electron chi connectivity index (χ1n) is 7.42. The van der Waals surface area contributed by atoms with E-state index >= 15 is 0 Å². The van der Waals surface area contributed by atoms with E-state index in [0.717, 1.165) is 30.8 Å². The summed E-state index contributed by atoms with van der Waals surface area (Å²) in [5, 5.41) is 2.96. The van der Waals surface area contributed by atoms with Crippen molar-refractivity contribution in [1.82, 2.24) is 10.2 Å². The van der Waals surface area contributed by atoms with Gasteiger partial charge in [-0.05, 0) is 32.1 Å². The van der Waals surface area contributed by atoms with E-state index < -0.39 is 0 Å². The van der Waals surface area contributed by atoms with Crippen LogP contribution in [-0.4, -0.2) is 43.5 Å². The molecule has 4 heteroatoms. The maximum atomic E-state index is 12.3. The zero-order chi connectivity index (χ0) is 15.7. The summed E-state index contributed by atoms with van der Waals surface area (Å²) in [5.41, 5.74) is 7.79. The third-order valence-corrected chi connectivity index (χ3v) is 3.35. The van der Waals surface area contributed by atoms with Crippen molar-refractivity contribution in [3.8, 4) is 11.8 Å². The van der Waals surface area contributed by atoms with Crippen molar-refractivity contribution in [3.63, 3.8) is 0 Å². The second-order valence-electron chi connectivity index (χ2n) is 4.84. The topological polar surface area (TPSA) is 58.4 Å². The van der Waals surface area contributed by atoms with Crippen LogP contribution in [0, 0.1) is 18.8 Å². The minimum absolute atomic E-state index is 0.0767. The molecular formula is C17H25N3O. The third-order valence-electron chi connectivity index (χ3n) is 3.35. The van der Waals surface area contributed by atoms with Gasteiger partial charge in [-0.1, -0.05) is 37.3 Å². The van der Waals surface area contributed by atoms with Crippen molar-refractivity contribution in [3.05, 3.63) is 34.9 Å². The summed E-state index contributed by atoms with van der Waals surface area (Å²) in [5.74, 6) is 5.68. The minimum atomic E-state index is -0.0767. The number of carbonyl (C=O) groups excluding carboxylic acids is 1. The Bertz CT molecular complexity index is 525. The summed E-state index contributed by atoms with van der Waals surface area (Å²) < 4.78 is 0. The Morgan fingerprint density at radius 1 is 1.33 bits per heavy atom. The third kappa shape index (κ3) is 5.58. The summed E-state index contributed by atoms with van der Waals surface area (Å²) in [6.45, 7) is 9.96. The molecule has 0 aromatic heterocycles. The number of amides is 1. The molecule has 0 aliphatic heterocycles. The zero-order valence-electron chi connectivity index (χ0n) is 13.2. The van der Waals surface area contributed by atoms with Crippen molar-refractivity contribution >= 4 is 5.91 Å². The van der Waals surface area contributed by atoms with E-state index in [1.54, 1.807) is 0 Å². The maximum absolute atomic E-state index is 12.3. The monoisotopic (exact) mass is 287 g/mol. The molecule has 3 N–H and O–H groups in total. The van der Waals surface area contributed by atoms with Crippen LogP contribution in [-0.2, 0) is 0 Å². The van der Waals surface area contributed by atoms with Crippen LogP contribution in [0.3, 0.4) is 0 Å². The van der Waals surface area contributed by atoms with Crippen molar-refractivity contribution < 1.29 is 4.79 Å². The average molecular weight is 287 g/mol. The summed E-state index contributed by atoms with van der Waals surface area (Å²) in [7, 11) is 0. The lowest BCUT2D eigenvalue weighted by atomic mass is 10.0. The Labute approximate surface area is 127 Å². The van der Waals surface area contributed by atoms with Gasteiger partial charge in [-0.25, -0.2) is 0 Å². The van der Waals surface area contributed by atoms with Crippen LogP contribution in [0.5, 0.6) is 0 Å². The molecule has 0 saturated heterocycles. The molecule has 0 unspecified atom stereocenters. The second kappa shape index (κ2) is 9.17. The van der Waals surface area contributed by atoms with E-state index in [2.05, 4.69) is 35.9 Å². The van der Waals surface area contributed by atoms with Gasteiger partial charge in [0.2, 0.25) is 0 Å². The van der Waals surface area contributed by atoms with Gasteiger partial charge >= 0.3 is 0 Å². The summed E-state index contributed by atoms with van der Waals surface area (Å²) >= 11 is 0. The molecule has 0 radical (unpaired) electrons. The quantitative estimate of drug-likeness (QED) is 0.777. The first-order valence-corrected chi connectivity index (χ1v) is 7.42. The lowest BCUT2D eigenvalue weighted by molar-refractivity contribution is 0.0948. The number of nitrogens with zero attached hydrogens (tertiary/aromatic N) is 1. The molecule has 1 rings (SSSR count). The molecule has 0 aliphatic carbocycles. The highest BCUT2D eigenvalue weighted by atomic mass is 16.1. The number of benzene rings is 1. The average Bonchev–Trinajstić information content (AvgIpc) is 2.50. The Kier molecular flexibility index (Phi) is 7.52. The van der Waals surface area contributed by atoms with Crippen LogP contribution >= 0.6 is 0 Å². The van der Waals surface area contributed by atoms with Gasteiger partial charge in [0.1, 0.15) is 0 Å². The van der Waals surface area contributed by atoms with Crippen LogP contribution in [0.15, 0.2) is 18.2 Å². The predicted octanol–water partition coefficient (Wildman–Crippen LogP) is 1.38. The number of likely N-dealkylation sites (N-methyl/N-ethyl adjacent to an activating group) is 1. The molecule has 4 nitrogen and oxygen atoms in total. The van der Waals surface area contributed by atoms with Gasteiger partial charge in [-0.2, -0.15) is 0 Å². The molecule has 0 heterocycles. The summed E-state index contributed by atoms with van der Waals surface area (Å²) in [6.07, 6.45) is 0. The van der Waals surface area contributed by atoms with Crippen LogP contribution in [0.4, 0.5) is 0 Å². The van der Waals surface area contributed by atoms with Crippen LogP contribution in [0.2, 0.25) is 0 Å². The number of aryl methyl sites for hydroxylation is 1. The fourth-order valence-electron chi connectivity index (χ4n) is 2.06. The SMILES string of the molecule is CCN(CC)CCNC(=O)c1cc(C)ccc1C#CCN.